The van der Waals surface area contributed by atoms with Crippen molar-refractivity contribution in [2.24, 2.45) is 7.05 Å². The molecule has 0 bridgehead atoms. The highest BCUT2D eigenvalue weighted by Gasteiger charge is 2.15. The molecule has 0 saturated carbocycles. The largest absolute Gasteiger partial charge is 0.327 e. The molecule has 0 atom stereocenters. The summed E-state index contributed by atoms with van der Waals surface area (Å²) >= 11 is 9.03. The maximum absolute atomic E-state index is 5.50. The number of hydrogen-bond acceptors (Lipinski definition) is 2. The molecule has 4 nitrogen and oxygen atoms in total. The number of halogens is 1. The van der Waals surface area contributed by atoms with Crippen LogP contribution < -0.4 is 0 Å². The van der Waals surface area contributed by atoms with Gasteiger partial charge in [0.05, 0.1) is 11.4 Å². The summed E-state index contributed by atoms with van der Waals surface area (Å²) in [6.07, 6.45) is 0.944. The zero-order valence-corrected chi connectivity index (χ0v) is 14.0. The van der Waals surface area contributed by atoms with Crippen molar-refractivity contribution in [2.75, 3.05) is 0 Å². The molecule has 20 heavy (non-hydrogen) atoms. The molecule has 0 aliphatic rings. The zero-order valence-electron chi connectivity index (χ0n) is 11.6. The molecule has 0 aliphatic heterocycles. The predicted octanol–water partition coefficient (Wildman–Crippen LogP) is 4.05. The van der Waals surface area contributed by atoms with Gasteiger partial charge < -0.3 is 4.98 Å². The van der Waals surface area contributed by atoms with Crippen LogP contribution in [0, 0.1) is 11.7 Å². The number of fused-ring (bicyclic) bond motifs is 1. The molecule has 0 fully saturated rings. The molecule has 1 aromatic carbocycles. The minimum Gasteiger partial charge on any atom is -0.327 e. The van der Waals surface area contributed by atoms with Gasteiger partial charge in [0.1, 0.15) is 5.52 Å². The lowest BCUT2D eigenvalue weighted by Gasteiger charge is -2.10. The van der Waals surface area contributed by atoms with E-state index >= 15 is 0 Å². The molecule has 1 N–H and O–H groups in total. The fraction of sp³-hybridized carbons (Fsp3) is 0.286. The molecule has 0 saturated heterocycles. The maximum Gasteiger partial charge on any atom is 0.184 e. The van der Waals surface area contributed by atoms with E-state index in [4.69, 9.17) is 12.2 Å². The smallest absolute Gasteiger partial charge is 0.184 e. The quantitative estimate of drug-likeness (QED) is 0.708. The van der Waals surface area contributed by atoms with Crippen LogP contribution in [0.25, 0.3) is 16.9 Å². The Morgan fingerprint density at radius 2 is 2.15 bits per heavy atom. The van der Waals surface area contributed by atoms with Crippen LogP contribution in [0.3, 0.4) is 0 Å². The first-order chi connectivity index (χ1) is 9.52. The van der Waals surface area contributed by atoms with Crippen molar-refractivity contribution >= 4 is 39.3 Å². The second kappa shape index (κ2) is 4.86. The van der Waals surface area contributed by atoms with E-state index < -0.39 is 0 Å². The van der Waals surface area contributed by atoms with Crippen molar-refractivity contribution in [1.82, 2.24) is 19.3 Å². The summed E-state index contributed by atoms with van der Waals surface area (Å²) in [5.41, 5.74) is 5.32. The van der Waals surface area contributed by atoms with Crippen LogP contribution in [-0.2, 0) is 13.5 Å². The molecule has 3 aromatic rings. The van der Waals surface area contributed by atoms with Crippen molar-refractivity contribution in [2.45, 2.75) is 20.3 Å². The second-order valence-corrected chi connectivity index (χ2v) is 6.10. The van der Waals surface area contributed by atoms with E-state index in [9.17, 15) is 0 Å². The van der Waals surface area contributed by atoms with Crippen LogP contribution in [0.5, 0.6) is 0 Å². The summed E-state index contributed by atoms with van der Waals surface area (Å²) in [7, 11) is 1.94. The highest BCUT2D eigenvalue weighted by atomic mass is 79.9. The number of H-pyrrole nitrogens is 1. The van der Waals surface area contributed by atoms with E-state index in [2.05, 4.69) is 49.6 Å². The molecular formula is C14H15BrN4S. The SMILES string of the molecule is CCc1cc(Br)ccc1-n1c(=S)[nH]c2c(C)nn(C)c21. The highest BCUT2D eigenvalue weighted by molar-refractivity contribution is 9.10. The van der Waals surface area contributed by atoms with Crippen LogP contribution in [0.1, 0.15) is 18.2 Å². The van der Waals surface area contributed by atoms with Crippen molar-refractivity contribution in [3.05, 3.63) is 38.7 Å². The number of imidazole rings is 1. The van der Waals surface area contributed by atoms with E-state index in [-0.39, 0.29) is 0 Å². The Kier molecular flexibility index (Phi) is 3.30. The molecule has 0 radical (unpaired) electrons. The minimum absolute atomic E-state index is 0.702. The minimum atomic E-state index is 0.702. The molecule has 2 heterocycles. The summed E-state index contributed by atoms with van der Waals surface area (Å²) < 4.78 is 5.72. The summed E-state index contributed by atoms with van der Waals surface area (Å²) in [6.45, 7) is 4.13. The van der Waals surface area contributed by atoms with Crippen LogP contribution in [0.15, 0.2) is 22.7 Å². The number of rotatable bonds is 2. The number of nitrogens with one attached hydrogen (secondary N) is 1. The van der Waals surface area contributed by atoms with Gasteiger partial charge in [-0.2, -0.15) is 5.10 Å². The molecule has 0 aliphatic carbocycles. The van der Waals surface area contributed by atoms with Crippen molar-refractivity contribution in [3.63, 3.8) is 0 Å². The average molecular weight is 351 g/mol. The standard InChI is InChI=1S/C14H15BrN4S/c1-4-9-7-10(15)5-6-11(9)19-13-12(16-14(19)20)8(2)17-18(13)3/h5-7H,4H2,1-3H3,(H,16,20). The number of aromatic nitrogens is 4. The molecule has 0 unspecified atom stereocenters. The van der Waals surface area contributed by atoms with Gasteiger partial charge in [-0.25, -0.2) is 4.68 Å². The first-order valence-corrected chi connectivity index (χ1v) is 7.66. The number of benzene rings is 1. The second-order valence-electron chi connectivity index (χ2n) is 4.80. The topological polar surface area (TPSA) is 38.5 Å². The van der Waals surface area contributed by atoms with E-state index in [1.807, 2.05) is 24.7 Å². The molecule has 104 valence electrons. The fourth-order valence-electron chi connectivity index (χ4n) is 2.59. The van der Waals surface area contributed by atoms with Gasteiger partial charge >= 0.3 is 0 Å². The van der Waals surface area contributed by atoms with E-state index in [0.29, 0.717) is 4.77 Å². The van der Waals surface area contributed by atoms with E-state index in [1.165, 1.54) is 5.56 Å². The summed E-state index contributed by atoms with van der Waals surface area (Å²) in [4.78, 5) is 3.26. The summed E-state index contributed by atoms with van der Waals surface area (Å²) in [5.74, 6) is 0. The third kappa shape index (κ3) is 1.94. The Balaban J connectivity index is 2.40. The lowest BCUT2D eigenvalue weighted by molar-refractivity contribution is 0.758. The lowest BCUT2D eigenvalue weighted by Crippen LogP contribution is -2.03. The third-order valence-corrected chi connectivity index (χ3v) is 4.28. The summed E-state index contributed by atoms with van der Waals surface area (Å²) in [6, 6.07) is 6.27. The van der Waals surface area contributed by atoms with Crippen LogP contribution in [0.2, 0.25) is 0 Å². The molecule has 6 heteroatoms. The van der Waals surface area contributed by atoms with Gasteiger partial charge in [-0.1, -0.05) is 22.9 Å². The van der Waals surface area contributed by atoms with Gasteiger partial charge in [0.25, 0.3) is 0 Å². The maximum atomic E-state index is 5.50. The molecule has 0 amide bonds. The van der Waals surface area contributed by atoms with Gasteiger partial charge in [-0.3, -0.25) is 4.57 Å². The average Bonchev–Trinajstić information content (AvgIpc) is 2.88. The van der Waals surface area contributed by atoms with Gasteiger partial charge in [-0.15, -0.1) is 0 Å². The Morgan fingerprint density at radius 1 is 1.40 bits per heavy atom. The molecule has 3 rings (SSSR count). The van der Waals surface area contributed by atoms with E-state index in [0.717, 1.165) is 33.4 Å². The zero-order chi connectivity index (χ0) is 14.4. The molecular weight excluding hydrogens is 336 g/mol. The Bertz CT molecular complexity index is 856. The van der Waals surface area contributed by atoms with Gasteiger partial charge in [0.15, 0.2) is 10.4 Å². The lowest BCUT2D eigenvalue weighted by atomic mass is 10.1. The normalized spacial score (nSPS) is 11.4. The first-order valence-electron chi connectivity index (χ1n) is 6.46. The Morgan fingerprint density at radius 3 is 2.85 bits per heavy atom. The Labute approximate surface area is 130 Å². The fourth-order valence-corrected chi connectivity index (χ4v) is 3.28. The summed E-state index contributed by atoms with van der Waals surface area (Å²) in [5, 5.41) is 4.46. The van der Waals surface area contributed by atoms with Crippen molar-refractivity contribution in [3.8, 4) is 5.69 Å². The first kappa shape index (κ1) is 13.6. The highest BCUT2D eigenvalue weighted by Crippen LogP contribution is 2.26. The van der Waals surface area contributed by atoms with Gasteiger partial charge in [0, 0.05) is 11.5 Å². The van der Waals surface area contributed by atoms with E-state index in [1.54, 1.807) is 0 Å². The number of nitrogens with zero attached hydrogens (tertiary/aromatic N) is 3. The monoisotopic (exact) mass is 350 g/mol. The Hall–Kier alpha value is -1.40. The van der Waals surface area contributed by atoms with Gasteiger partial charge in [0.2, 0.25) is 0 Å². The van der Waals surface area contributed by atoms with Crippen molar-refractivity contribution < 1.29 is 0 Å². The van der Waals surface area contributed by atoms with Crippen LogP contribution in [-0.4, -0.2) is 19.3 Å². The third-order valence-electron chi connectivity index (χ3n) is 3.50. The molecule has 0 spiro atoms. The van der Waals surface area contributed by atoms with Crippen molar-refractivity contribution in [1.29, 1.82) is 0 Å². The number of hydrogen-bond donors (Lipinski definition) is 1. The van der Waals surface area contributed by atoms with Gasteiger partial charge in [-0.05, 0) is 49.3 Å². The van der Waals surface area contributed by atoms with Crippen LogP contribution in [0.4, 0.5) is 0 Å². The van der Waals surface area contributed by atoms with Crippen LogP contribution >= 0.6 is 28.1 Å². The molecule has 2 aromatic heterocycles. The predicted molar refractivity (Wildman–Crippen MR) is 87.0 cm³/mol. The number of aromatic amines is 1. The number of aryl methyl sites for hydroxylation is 3.